The Kier molecular flexibility index (Phi) is 6.81. The molecule has 9 heteroatoms. The standard InChI is InChI=1S/C25H34N4O5/c1-25(2,3)34-24(33)28-12-9-16(10-13-28)8-11-26-18-4-5-19-17(14-18)15-29(23(19)32)20-6-7-21(30)27-22(20)31/h4-5,14,16,20,26H,6-13,15H2,1-3H3,(H,27,30,31). The van der Waals surface area contributed by atoms with E-state index in [9.17, 15) is 19.2 Å². The number of piperidine rings is 2. The second-order valence-corrected chi connectivity index (χ2v) is 10.4. The van der Waals surface area contributed by atoms with Crippen LogP contribution < -0.4 is 10.6 Å². The van der Waals surface area contributed by atoms with Gasteiger partial charge in [0.2, 0.25) is 11.8 Å². The molecule has 0 aliphatic carbocycles. The molecule has 2 fully saturated rings. The highest BCUT2D eigenvalue weighted by molar-refractivity contribution is 6.05. The van der Waals surface area contributed by atoms with Gasteiger partial charge in [-0.3, -0.25) is 19.7 Å². The number of ether oxygens (including phenoxy) is 1. The van der Waals surface area contributed by atoms with Gasteiger partial charge in [0, 0.05) is 43.9 Å². The van der Waals surface area contributed by atoms with Crippen molar-refractivity contribution in [2.75, 3.05) is 25.0 Å². The summed E-state index contributed by atoms with van der Waals surface area (Å²) in [6.07, 6.45) is 3.30. The third-order valence-electron chi connectivity index (χ3n) is 6.67. The fraction of sp³-hybridized carbons (Fsp3) is 0.600. The minimum Gasteiger partial charge on any atom is -0.444 e. The van der Waals surface area contributed by atoms with Crippen molar-refractivity contribution in [3.05, 3.63) is 29.3 Å². The first-order valence-corrected chi connectivity index (χ1v) is 12.1. The predicted molar refractivity (Wildman–Crippen MR) is 126 cm³/mol. The highest BCUT2D eigenvalue weighted by Crippen LogP contribution is 2.30. The van der Waals surface area contributed by atoms with Crippen LogP contribution in [0.3, 0.4) is 0 Å². The molecule has 0 radical (unpaired) electrons. The number of nitrogens with one attached hydrogen (secondary N) is 2. The third-order valence-corrected chi connectivity index (χ3v) is 6.67. The van der Waals surface area contributed by atoms with Crippen LogP contribution in [0.2, 0.25) is 0 Å². The number of carbonyl (C=O) groups is 4. The molecule has 4 amide bonds. The van der Waals surface area contributed by atoms with E-state index >= 15 is 0 Å². The van der Waals surface area contributed by atoms with E-state index in [-0.39, 0.29) is 24.3 Å². The number of hydrogen-bond donors (Lipinski definition) is 2. The lowest BCUT2D eigenvalue weighted by molar-refractivity contribution is -0.136. The van der Waals surface area contributed by atoms with Crippen LogP contribution in [-0.4, -0.2) is 64.9 Å². The van der Waals surface area contributed by atoms with Gasteiger partial charge in [-0.05, 0) is 76.1 Å². The number of imide groups is 1. The van der Waals surface area contributed by atoms with Gasteiger partial charge in [-0.15, -0.1) is 0 Å². The SMILES string of the molecule is CC(C)(C)OC(=O)N1CCC(CCNc2ccc3c(c2)CN(C2CCC(=O)NC2=O)C3=O)CC1. The molecule has 9 nitrogen and oxygen atoms in total. The quantitative estimate of drug-likeness (QED) is 0.641. The van der Waals surface area contributed by atoms with E-state index in [0.717, 1.165) is 50.1 Å². The maximum Gasteiger partial charge on any atom is 0.410 e. The molecular formula is C25H34N4O5. The van der Waals surface area contributed by atoms with E-state index in [1.54, 1.807) is 9.80 Å². The first-order valence-electron chi connectivity index (χ1n) is 12.1. The average molecular weight is 471 g/mol. The number of carbonyl (C=O) groups excluding carboxylic acids is 4. The number of rotatable bonds is 5. The molecule has 2 saturated heterocycles. The van der Waals surface area contributed by atoms with Crippen molar-refractivity contribution < 1.29 is 23.9 Å². The largest absolute Gasteiger partial charge is 0.444 e. The molecule has 1 aromatic carbocycles. The second-order valence-electron chi connectivity index (χ2n) is 10.4. The Morgan fingerprint density at radius 3 is 2.56 bits per heavy atom. The molecule has 4 rings (SSSR count). The van der Waals surface area contributed by atoms with Crippen LogP contribution in [0.1, 0.15) is 68.8 Å². The topological polar surface area (TPSA) is 108 Å². The molecule has 3 aliphatic heterocycles. The number of amides is 4. The summed E-state index contributed by atoms with van der Waals surface area (Å²) in [6.45, 7) is 8.26. The van der Waals surface area contributed by atoms with Crippen LogP contribution in [0.5, 0.6) is 0 Å². The Morgan fingerprint density at radius 2 is 1.88 bits per heavy atom. The molecule has 1 aromatic rings. The van der Waals surface area contributed by atoms with Gasteiger partial charge in [-0.2, -0.15) is 0 Å². The first kappa shape index (κ1) is 24.0. The van der Waals surface area contributed by atoms with Gasteiger partial charge >= 0.3 is 6.09 Å². The maximum absolute atomic E-state index is 12.8. The summed E-state index contributed by atoms with van der Waals surface area (Å²) < 4.78 is 5.46. The zero-order valence-corrected chi connectivity index (χ0v) is 20.2. The van der Waals surface area contributed by atoms with E-state index in [2.05, 4.69) is 10.6 Å². The van der Waals surface area contributed by atoms with Crippen LogP contribution in [0.4, 0.5) is 10.5 Å². The molecule has 0 spiro atoms. The van der Waals surface area contributed by atoms with Gasteiger partial charge in [0.25, 0.3) is 5.91 Å². The number of likely N-dealkylation sites (tertiary alicyclic amines) is 1. The van der Waals surface area contributed by atoms with Crippen LogP contribution in [0, 0.1) is 5.92 Å². The van der Waals surface area contributed by atoms with Gasteiger partial charge in [0.05, 0.1) is 0 Å². The Hall–Kier alpha value is -3.10. The number of hydrogen-bond acceptors (Lipinski definition) is 6. The van der Waals surface area contributed by atoms with Crippen molar-refractivity contribution in [2.24, 2.45) is 5.92 Å². The summed E-state index contributed by atoms with van der Waals surface area (Å²) in [4.78, 5) is 52.0. The van der Waals surface area contributed by atoms with Gasteiger partial charge in [-0.1, -0.05) is 0 Å². The van der Waals surface area contributed by atoms with Crippen LogP contribution >= 0.6 is 0 Å². The molecule has 3 heterocycles. The van der Waals surface area contributed by atoms with Gasteiger partial charge in [0.15, 0.2) is 0 Å². The normalized spacial score (nSPS) is 21.4. The Balaban J connectivity index is 1.24. The van der Waals surface area contributed by atoms with Crippen molar-refractivity contribution in [3.8, 4) is 0 Å². The lowest BCUT2D eigenvalue weighted by atomic mass is 9.93. The van der Waals surface area contributed by atoms with E-state index in [1.807, 2.05) is 39.0 Å². The predicted octanol–water partition coefficient (Wildman–Crippen LogP) is 2.90. The number of fused-ring (bicyclic) bond motifs is 1. The molecule has 0 bridgehead atoms. The average Bonchev–Trinajstić information content (AvgIpc) is 3.08. The number of anilines is 1. The van der Waals surface area contributed by atoms with Crippen molar-refractivity contribution in [3.63, 3.8) is 0 Å². The summed E-state index contributed by atoms with van der Waals surface area (Å²) in [7, 11) is 0. The fourth-order valence-electron chi connectivity index (χ4n) is 4.84. The van der Waals surface area contributed by atoms with Crippen molar-refractivity contribution in [1.29, 1.82) is 0 Å². The molecule has 3 aliphatic rings. The van der Waals surface area contributed by atoms with Gasteiger partial charge in [-0.25, -0.2) is 4.79 Å². The molecule has 0 aromatic heterocycles. The van der Waals surface area contributed by atoms with E-state index < -0.39 is 17.6 Å². The van der Waals surface area contributed by atoms with E-state index in [4.69, 9.17) is 4.74 Å². The minimum absolute atomic E-state index is 0.159. The summed E-state index contributed by atoms with van der Waals surface area (Å²) in [6, 6.07) is 5.09. The molecule has 1 atom stereocenters. The molecular weight excluding hydrogens is 436 g/mol. The summed E-state index contributed by atoms with van der Waals surface area (Å²) in [5.74, 6) is -0.293. The number of nitrogens with zero attached hydrogens (tertiary/aromatic N) is 2. The Bertz CT molecular complexity index is 978. The van der Waals surface area contributed by atoms with Crippen LogP contribution in [0.15, 0.2) is 18.2 Å². The highest BCUT2D eigenvalue weighted by Gasteiger charge is 2.39. The summed E-state index contributed by atoms with van der Waals surface area (Å²) in [5.41, 5.74) is 1.98. The molecule has 0 saturated carbocycles. The van der Waals surface area contributed by atoms with Gasteiger partial charge in [0.1, 0.15) is 11.6 Å². The van der Waals surface area contributed by atoms with Gasteiger partial charge < -0.3 is 19.9 Å². The molecule has 1 unspecified atom stereocenters. The summed E-state index contributed by atoms with van der Waals surface area (Å²) in [5, 5.41) is 5.78. The highest BCUT2D eigenvalue weighted by atomic mass is 16.6. The molecule has 2 N–H and O–H groups in total. The smallest absolute Gasteiger partial charge is 0.410 e. The zero-order valence-electron chi connectivity index (χ0n) is 20.2. The zero-order chi connectivity index (χ0) is 24.5. The Labute approximate surface area is 200 Å². The third kappa shape index (κ3) is 5.51. The first-order chi connectivity index (χ1) is 16.1. The van der Waals surface area contributed by atoms with E-state index in [1.165, 1.54) is 0 Å². The lowest BCUT2D eigenvalue weighted by Gasteiger charge is -2.33. The molecule has 184 valence electrons. The van der Waals surface area contributed by atoms with Crippen LogP contribution in [0.25, 0.3) is 0 Å². The minimum atomic E-state index is -0.597. The van der Waals surface area contributed by atoms with E-state index in [0.29, 0.717) is 24.4 Å². The second kappa shape index (κ2) is 9.64. The monoisotopic (exact) mass is 470 g/mol. The number of benzene rings is 1. The lowest BCUT2D eigenvalue weighted by Crippen LogP contribution is -2.52. The van der Waals surface area contributed by atoms with Crippen molar-refractivity contribution in [1.82, 2.24) is 15.1 Å². The van der Waals surface area contributed by atoms with Crippen molar-refractivity contribution >= 4 is 29.5 Å². The summed E-state index contributed by atoms with van der Waals surface area (Å²) >= 11 is 0. The van der Waals surface area contributed by atoms with Crippen molar-refractivity contribution in [2.45, 2.75) is 71.1 Å². The Morgan fingerprint density at radius 1 is 1.15 bits per heavy atom. The van der Waals surface area contributed by atoms with Crippen LogP contribution in [-0.2, 0) is 20.9 Å². The fourth-order valence-corrected chi connectivity index (χ4v) is 4.84. The molecule has 34 heavy (non-hydrogen) atoms. The maximum atomic E-state index is 12.8.